The van der Waals surface area contributed by atoms with Crippen LogP contribution in [0.4, 0.5) is 10.5 Å². The number of ether oxygens (including phenoxy) is 1. The molecule has 7 heteroatoms. The molecule has 0 radical (unpaired) electrons. The molecule has 0 unspecified atom stereocenters. The van der Waals surface area contributed by atoms with Gasteiger partial charge >= 0.3 is 12.0 Å². The van der Waals surface area contributed by atoms with Crippen LogP contribution in [0.25, 0.3) is 10.9 Å². The zero-order chi connectivity index (χ0) is 21.7. The molecule has 0 saturated carbocycles. The number of amides is 2. The fraction of sp³-hybridized carbons (Fsp3) is 0.261. The van der Waals surface area contributed by atoms with Gasteiger partial charge in [-0.15, -0.1) is 0 Å². The van der Waals surface area contributed by atoms with Gasteiger partial charge < -0.3 is 20.4 Å². The number of H-pyrrole nitrogens is 1. The molecular formula is C23H25N3O4. The van der Waals surface area contributed by atoms with Crippen LogP contribution in [-0.4, -0.2) is 35.4 Å². The number of hydrogen-bond acceptors (Lipinski definition) is 4. The van der Waals surface area contributed by atoms with E-state index in [0.717, 1.165) is 16.6 Å². The first-order valence-corrected chi connectivity index (χ1v) is 9.76. The van der Waals surface area contributed by atoms with Crippen molar-refractivity contribution in [3.8, 4) is 0 Å². The Morgan fingerprint density at radius 3 is 2.37 bits per heavy atom. The number of urea groups is 1. The molecule has 0 fully saturated rings. The molecule has 1 aromatic heterocycles. The summed E-state index contributed by atoms with van der Waals surface area (Å²) >= 11 is 0. The summed E-state index contributed by atoms with van der Waals surface area (Å²) in [5.41, 5.74) is 2.69. The summed E-state index contributed by atoms with van der Waals surface area (Å²) in [5, 5.41) is 6.08. The molecule has 0 aliphatic carbocycles. The van der Waals surface area contributed by atoms with Gasteiger partial charge in [0.2, 0.25) is 5.78 Å². The number of anilines is 1. The molecule has 156 valence electrons. The Morgan fingerprint density at radius 1 is 1.00 bits per heavy atom. The largest absolute Gasteiger partial charge is 0.456 e. The zero-order valence-corrected chi connectivity index (χ0v) is 17.2. The SMILES string of the molecule is Cc1[nH]c2ccccc2c1C(=O)COC(=O)[C@@H](NC(=O)Nc1ccccc1)C(C)C. The number of aromatic nitrogens is 1. The minimum absolute atomic E-state index is 0.219. The number of aromatic amines is 1. The summed E-state index contributed by atoms with van der Waals surface area (Å²) in [6.45, 7) is 4.99. The first kappa shape index (κ1) is 21.1. The van der Waals surface area contributed by atoms with Gasteiger partial charge in [-0.25, -0.2) is 9.59 Å². The van der Waals surface area contributed by atoms with Crippen molar-refractivity contribution in [3.05, 3.63) is 65.9 Å². The summed E-state index contributed by atoms with van der Waals surface area (Å²) in [5.74, 6) is -1.17. The van der Waals surface area contributed by atoms with Gasteiger partial charge in [0.05, 0.1) is 0 Å². The lowest BCUT2D eigenvalue weighted by molar-refractivity contribution is -0.145. The summed E-state index contributed by atoms with van der Waals surface area (Å²) in [4.78, 5) is 40.7. The van der Waals surface area contributed by atoms with Crippen molar-refractivity contribution < 1.29 is 19.1 Å². The molecule has 0 spiro atoms. The summed E-state index contributed by atoms with van der Waals surface area (Å²) in [6, 6.07) is 15.0. The highest BCUT2D eigenvalue weighted by atomic mass is 16.5. The van der Waals surface area contributed by atoms with Gasteiger partial charge in [0.15, 0.2) is 6.61 Å². The van der Waals surface area contributed by atoms with E-state index in [0.29, 0.717) is 11.3 Å². The van der Waals surface area contributed by atoms with Gasteiger partial charge in [0, 0.05) is 27.8 Å². The van der Waals surface area contributed by atoms with Crippen LogP contribution in [0.15, 0.2) is 54.6 Å². The standard InChI is InChI=1S/C23H25N3O4/c1-14(2)21(26-23(29)25-16-9-5-4-6-10-16)22(28)30-13-19(27)20-15(3)24-18-12-8-7-11-17(18)20/h4-12,14,21,24H,13H2,1-3H3,(H2,25,26,29)/t21-/m0/s1. The molecule has 2 amide bonds. The maximum Gasteiger partial charge on any atom is 0.329 e. The molecule has 0 bridgehead atoms. The highest BCUT2D eigenvalue weighted by molar-refractivity contribution is 6.10. The van der Waals surface area contributed by atoms with Crippen molar-refractivity contribution in [2.24, 2.45) is 5.92 Å². The molecule has 0 aliphatic heterocycles. The molecule has 2 aromatic carbocycles. The van der Waals surface area contributed by atoms with Crippen LogP contribution in [-0.2, 0) is 9.53 Å². The Labute approximate surface area is 174 Å². The second-order valence-electron chi connectivity index (χ2n) is 7.39. The highest BCUT2D eigenvalue weighted by Crippen LogP contribution is 2.22. The van der Waals surface area contributed by atoms with Gasteiger partial charge in [-0.05, 0) is 31.0 Å². The molecule has 3 N–H and O–H groups in total. The predicted octanol–water partition coefficient (Wildman–Crippen LogP) is 4.05. The first-order valence-electron chi connectivity index (χ1n) is 9.76. The second kappa shape index (κ2) is 9.26. The van der Waals surface area contributed by atoms with E-state index in [4.69, 9.17) is 4.74 Å². The number of fused-ring (bicyclic) bond motifs is 1. The molecule has 30 heavy (non-hydrogen) atoms. The summed E-state index contributed by atoms with van der Waals surface area (Å²) in [6.07, 6.45) is 0. The monoisotopic (exact) mass is 407 g/mol. The van der Waals surface area contributed by atoms with E-state index in [-0.39, 0.29) is 11.7 Å². The van der Waals surface area contributed by atoms with Crippen molar-refractivity contribution in [2.45, 2.75) is 26.8 Å². The number of nitrogens with one attached hydrogen (secondary N) is 3. The number of carbonyl (C=O) groups excluding carboxylic acids is 3. The molecule has 1 heterocycles. The number of carbonyl (C=O) groups is 3. The lowest BCUT2D eigenvalue weighted by Gasteiger charge is -2.21. The van der Waals surface area contributed by atoms with Gasteiger partial charge in [-0.3, -0.25) is 4.79 Å². The molecular weight excluding hydrogens is 382 g/mol. The molecule has 7 nitrogen and oxygen atoms in total. The molecule has 0 aliphatic rings. The van der Waals surface area contributed by atoms with Crippen LogP contribution in [0.3, 0.4) is 0 Å². The number of para-hydroxylation sites is 2. The Morgan fingerprint density at radius 2 is 1.67 bits per heavy atom. The number of Topliss-reactive ketones (excluding diaryl/α,β-unsaturated/α-hetero) is 1. The number of hydrogen-bond donors (Lipinski definition) is 3. The van der Waals surface area contributed by atoms with Crippen LogP contribution in [0.2, 0.25) is 0 Å². The minimum Gasteiger partial charge on any atom is -0.456 e. The average Bonchev–Trinajstić information content (AvgIpc) is 3.06. The van der Waals surface area contributed by atoms with E-state index < -0.39 is 24.6 Å². The minimum atomic E-state index is -0.884. The molecule has 3 aromatic rings. The van der Waals surface area contributed by atoms with E-state index in [1.165, 1.54) is 0 Å². The maximum atomic E-state index is 12.7. The lowest BCUT2D eigenvalue weighted by atomic mass is 10.0. The van der Waals surface area contributed by atoms with Crippen LogP contribution >= 0.6 is 0 Å². The summed E-state index contributed by atoms with van der Waals surface area (Å²) in [7, 11) is 0. The summed E-state index contributed by atoms with van der Waals surface area (Å²) < 4.78 is 5.26. The molecule has 1 atom stereocenters. The van der Waals surface area contributed by atoms with Crippen molar-refractivity contribution in [1.29, 1.82) is 0 Å². The van der Waals surface area contributed by atoms with Crippen LogP contribution in [0.5, 0.6) is 0 Å². The number of ketones is 1. The van der Waals surface area contributed by atoms with E-state index in [9.17, 15) is 14.4 Å². The van der Waals surface area contributed by atoms with Crippen molar-refractivity contribution >= 4 is 34.4 Å². The van der Waals surface area contributed by atoms with Crippen LogP contribution in [0.1, 0.15) is 29.9 Å². The van der Waals surface area contributed by atoms with Gasteiger partial charge in [-0.2, -0.15) is 0 Å². The van der Waals surface area contributed by atoms with Crippen molar-refractivity contribution in [1.82, 2.24) is 10.3 Å². The predicted molar refractivity (Wildman–Crippen MR) is 116 cm³/mol. The highest BCUT2D eigenvalue weighted by Gasteiger charge is 2.27. The normalized spacial score (nSPS) is 11.9. The first-order chi connectivity index (χ1) is 14.4. The van der Waals surface area contributed by atoms with Crippen molar-refractivity contribution in [2.75, 3.05) is 11.9 Å². The number of esters is 1. The van der Waals surface area contributed by atoms with Crippen molar-refractivity contribution in [3.63, 3.8) is 0 Å². The third kappa shape index (κ3) is 4.86. The van der Waals surface area contributed by atoms with Gasteiger partial charge in [0.1, 0.15) is 6.04 Å². The molecule has 0 saturated heterocycles. The Hall–Kier alpha value is -3.61. The van der Waals surface area contributed by atoms with Crippen LogP contribution in [0, 0.1) is 12.8 Å². The maximum absolute atomic E-state index is 12.7. The fourth-order valence-corrected chi connectivity index (χ4v) is 3.26. The van der Waals surface area contributed by atoms with E-state index in [1.807, 2.05) is 30.3 Å². The zero-order valence-electron chi connectivity index (χ0n) is 17.2. The Bertz CT molecular complexity index is 1060. The number of benzene rings is 2. The third-order valence-electron chi connectivity index (χ3n) is 4.76. The Balaban J connectivity index is 1.63. The van der Waals surface area contributed by atoms with E-state index >= 15 is 0 Å². The van der Waals surface area contributed by atoms with Gasteiger partial charge in [0.25, 0.3) is 0 Å². The van der Waals surface area contributed by atoms with Crippen LogP contribution < -0.4 is 10.6 Å². The smallest absolute Gasteiger partial charge is 0.329 e. The fourth-order valence-electron chi connectivity index (χ4n) is 3.26. The quantitative estimate of drug-likeness (QED) is 0.406. The number of aryl methyl sites for hydroxylation is 1. The average molecular weight is 407 g/mol. The number of rotatable bonds is 7. The van der Waals surface area contributed by atoms with E-state index in [2.05, 4.69) is 15.6 Å². The second-order valence-corrected chi connectivity index (χ2v) is 7.39. The van der Waals surface area contributed by atoms with E-state index in [1.54, 1.807) is 45.0 Å². The van der Waals surface area contributed by atoms with Gasteiger partial charge in [-0.1, -0.05) is 50.2 Å². The lowest BCUT2D eigenvalue weighted by Crippen LogP contribution is -2.47. The Kier molecular flexibility index (Phi) is 6.51. The topological polar surface area (TPSA) is 100 Å². The molecule has 3 rings (SSSR count). The third-order valence-corrected chi connectivity index (χ3v) is 4.76.